The van der Waals surface area contributed by atoms with Gasteiger partial charge in [0.1, 0.15) is 5.60 Å². The van der Waals surface area contributed by atoms with Crippen LogP contribution in [0.25, 0.3) is 0 Å². The Morgan fingerprint density at radius 1 is 1.29 bits per heavy atom. The highest BCUT2D eigenvalue weighted by Crippen LogP contribution is 2.34. The van der Waals surface area contributed by atoms with Gasteiger partial charge in [0.05, 0.1) is 15.1 Å². The zero-order chi connectivity index (χ0) is 34.7. The smallest absolute Gasteiger partial charge is 0.115 e. The van der Waals surface area contributed by atoms with Crippen molar-refractivity contribution in [2.24, 2.45) is 0 Å². The molecular weight excluding hydrogens is 318 g/mol. The molecule has 0 unspecified atom stereocenters. The second kappa shape index (κ2) is 7.69. The Bertz CT molecular complexity index is 1410. The molecule has 0 aromatic heterocycles. The van der Waals surface area contributed by atoms with Crippen molar-refractivity contribution in [2.75, 3.05) is 20.1 Å². The van der Waals surface area contributed by atoms with Crippen LogP contribution in [0, 0.1) is 0 Å². The summed E-state index contributed by atoms with van der Waals surface area (Å²) in [5, 5.41) is -0.708. The molecule has 2 atom stereocenters. The van der Waals surface area contributed by atoms with E-state index in [1.165, 1.54) is 0 Å². The van der Waals surface area contributed by atoms with Crippen molar-refractivity contribution in [1.29, 1.82) is 0 Å². The summed E-state index contributed by atoms with van der Waals surface area (Å²) in [5.74, 6) is 0. The molecule has 3 heteroatoms. The van der Waals surface area contributed by atoms with Gasteiger partial charge in [-0.2, -0.15) is 0 Å². The van der Waals surface area contributed by atoms with E-state index >= 15 is 0 Å². The summed E-state index contributed by atoms with van der Waals surface area (Å²) in [4.78, 5) is 0.0149. The summed E-state index contributed by atoms with van der Waals surface area (Å²) in [5.41, 5.74) is -5.01. The molecule has 24 heavy (non-hydrogen) atoms. The van der Waals surface area contributed by atoms with E-state index < -0.39 is 114 Å². The molecule has 3 rings (SSSR count). The van der Waals surface area contributed by atoms with E-state index in [9.17, 15) is 0 Å². The van der Waals surface area contributed by atoms with Crippen LogP contribution in [0.3, 0.4) is 0 Å². The van der Waals surface area contributed by atoms with Crippen LogP contribution in [0.1, 0.15) is 64.6 Å². The van der Waals surface area contributed by atoms with Gasteiger partial charge in [-0.25, -0.2) is 0 Å². The first-order valence-electron chi connectivity index (χ1n) is 16.7. The number of nitrogens with zero attached hydrogens (tertiary/aromatic N) is 1. The van der Waals surface area contributed by atoms with E-state index in [2.05, 4.69) is 0 Å². The molecule has 2 nitrogen and oxygen atoms in total. The highest BCUT2D eigenvalue weighted by molar-refractivity contribution is 6.30. The third kappa shape index (κ3) is 3.83. The highest BCUT2D eigenvalue weighted by atomic mass is 35.5. The third-order valence-electron chi connectivity index (χ3n) is 3.21. The van der Waals surface area contributed by atoms with Crippen molar-refractivity contribution in [1.82, 2.24) is 4.90 Å². The molecule has 128 valence electrons. The van der Waals surface area contributed by atoms with Crippen molar-refractivity contribution in [2.45, 2.75) is 37.7 Å². The predicted octanol–water partition coefficient (Wildman–Crippen LogP) is 5.10. The third-order valence-corrected chi connectivity index (χ3v) is 3.40. The van der Waals surface area contributed by atoms with Crippen molar-refractivity contribution >= 4 is 11.6 Å². The molecule has 1 aliphatic rings. The molecule has 0 saturated carbocycles. The second-order valence-electron chi connectivity index (χ2n) is 4.82. The molecule has 2 aromatic carbocycles. The molecule has 0 spiro atoms. The van der Waals surface area contributed by atoms with Crippen LogP contribution in [-0.4, -0.2) is 31.0 Å². The minimum absolute atomic E-state index is 0.0149. The summed E-state index contributed by atoms with van der Waals surface area (Å²) in [6.45, 7) is -6.74. The van der Waals surface area contributed by atoms with Crippen LogP contribution in [-0.2, 0) is 10.3 Å². The lowest BCUT2D eigenvalue weighted by molar-refractivity contribution is -0.0117. The fourth-order valence-electron chi connectivity index (χ4n) is 1.85. The van der Waals surface area contributed by atoms with E-state index in [1.54, 1.807) is 0 Å². The van der Waals surface area contributed by atoms with Gasteiger partial charge >= 0.3 is 0 Å². The molecule has 0 amide bonds. The molecule has 0 aliphatic carbocycles. The Morgan fingerprint density at radius 3 is 2.58 bits per heavy atom. The Labute approximate surface area is 178 Å². The van der Waals surface area contributed by atoms with Crippen LogP contribution in [0.2, 0.25) is 5.02 Å². The Kier molecular flexibility index (Phi) is 1.71. The highest BCUT2D eigenvalue weighted by Gasteiger charge is 2.30. The monoisotopic (exact) mass is 363 g/mol. The van der Waals surface area contributed by atoms with Crippen LogP contribution in [0.4, 0.5) is 0 Å². The summed E-state index contributed by atoms with van der Waals surface area (Å²) in [7, 11) is 0.653. The van der Waals surface area contributed by atoms with Crippen molar-refractivity contribution in [3.8, 4) is 0 Å². The normalized spacial score (nSPS) is 43.5. The average Bonchev–Trinajstić information content (AvgIpc) is 2.97. The van der Waals surface area contributed by atoms with Crippen molar-refractivity contribution in [3.05, 3.63) is 70.5 Å². The van der Waals surface area contributed by atoms with E-state index in [0.717, 1.165) is 6.92 Å². The quantitative estimate of drug-likeness (QED) is 0.707. The molecule has 1 aliphatic heterocycles. The Hall–Kier alpha value is -1.35. The molecule has 0 N–H and O–H groups in total. The minimum Gasteiger partial charge on any atom is -0.366 e. The van der Waals surface area contributed by atoms with Crippen LogP contribution < -0.4 is 0 Å². The first-order chi connectivity index (χ1) is 19.5. The zero-order valence-corrected chi connectivity index (χ0v) is 13.5. The summed E-state index contributed by atoms with van der Waals surface area (Å²) in [6, 6.07) is -12.8. The number of ether oxygens (including phenoxy) is 1. The number of hydrogen-bond donors (Lipinski definition) is 0. The van der Waals surface area contributed by atoms with Crippen molar-refractivity contribution < 1.29 is 32.2 Å². The number of halogens is 1. The maximum Gasteiger partial charge on any atom is 0.115 e. The Balaban J connectivity index is 2.50. The molecule has 2 aromatic rings. The molecule has 1 fully saturated rings. The standard InChI is InChI=1S/C21H26ClNO/c1-21(17-7-4-3-5-8-17,18-10-12-19(22)13-11-18)24-16-14-20-9-6-15-23(20)2/h3-5,7-8,10-13,20H,6,9,14-16H2,1-2H3/t20-,21-/m1/s1/i3D,4D,5D,6D2,7D,8D,9D2,10D,11D,12D,13D,14D2,15D2,16D2,20D. The largest absolute Gasteiger partial charge is 0.366 e. The van der Waals surface area contributed by atoms with Gasteiger partial charge in [-0.05, 0) is 62.8 Å². The van der Waals surface area contributed by atoms with Gasteiger partial charge in [0.25, 0.3) is 0 Å². The molecule has 1 saturated heterocycles. The second-order valence-corrected chi connectivity index (χ2v) is 5.20. The molecule has 1 heterocycles. The van der Waals surface area contributed by atoms with E-state index in [4.69, 9.17) is 43.8 Å². The van der Waals surface area contributed by atoms with E-state index in [0.29, 0.717) is 7.05 Å². The average molecular weight is 364 g/mol. The van der Waals surface area contributed by atoms with Gasteiger partial charge in [-0.1, -0.05) is 53.9 Å². The first kappa shape index (κ1) is 5.33. The van der Waals surface area contributed by atoms with Crippen molar-refractivity contribution in [3.63, 3.8) is 0 Å². The fourth-order valence-corrected chi connectivity index (χ4v) is 1.95. The van der Waals surface area contributed by atoms with Crippen LogP contribution >= 0.6 is 11.6 Å². The molecule has 0 radical (unpaired) electrons. The minimum atomic E-state index is -4.10. The summed E-state index contributed by atoms with van der Waals surface area (Å²) < 4.78 is 173. The molecular formula is C21H26ClNO. The molecule has 0 bridgehead atoms. The number of benzene rings is 2. The maximum atomic E-state index is 8.80. The van der Waals surface area contributed by atoms with Gasteiger partial charge in [-0.3, -0.25) is 0 Å². The lowest BCUT2D eigenvalue weighted by Crippen LogP contribution is -2.31. The number of rotatable bonds is 6. The van der Waals surface area contributed by atoms with Gasteiger partial charge in [-0.15, -0.1) is 0 Å². The SMILES string of the molecule is [2H]c1c([2H])c([2H])c([C@@](C)(OC([2H])([2H])C([2H])([2H])[C@]2([2H])N(C)C([2H])([2H])C([2H])([2H])C2([2H])[2H])c2c([2H])c([2H])c(Cl)c([2H])c2[2H])c([2H])c1[2H]. The van der Waals surface area contributed by atoms with Gasteiger partial charge < -0.3 is 9.64 Å². The van der Waals surface area contributed by atoms with Gasteiger partial charge in [0.2, 0.25) is 0 Å². The lowest BCUT2D eigenvalue weighted by atomic mass is 9.88. The predicted molar refractivity (Wildman–Crippen MR) is 101 cm³/mol. The first-order valence-corrected chi connectivity index (χ1v) is 7.12. The maximum absolute atomic E-state index is 8.80. The number of likely N-dealkylation sites (tertiary alicyclic amines) is 1. The number of hydrogen-bond acceptors (Lipinski definition) is 2. The Morgan fingerprint density at radius 2 is 1.96 bits per heavy atom. The lowest BCUT2D eigenvalue weighted by Gasteiger charge is -2.32. The van der Waals surface area contributed by atoms with E-state index in [-0.39, 0.29) is 4.90 Å². The van der Waals surface area contributed by atoms with Crippen LogP contribution in [0.5, 0.6) is 0 Å². The van der Waals surface area contributed by atoms with Gasteiger partial charge in [0.15, 0.2) is 0 Å². The fraction of sp³-hybridized carbons (Fsp3) is 0.429. The summed E-state index contributed by atoms with van der Waals surface area (Å²) >= 11 is 5.91. The zero-order valence-electron chi connectivity index (χ0n) is 32.7. The topological polar surface area (TPSA) is 12.5 Å². The summed E-state index contributed by atoms with van der Waals surface area (Å²) in [6.07, 6.45) is -11.5. The van der Waals surface area contributed by atoms with Crippen LogP contribution in [0.15, 0.2) is 54.4 Å². The van der Waals surface area contributed by atoms with E-state index in [1.807, 2.05) is 0 Å². The van der Waals surface area contributed by atoms with Gasteiger partial charge in [0, 0.05) is 29.9 Å².